The fraction of sp³-hybridized carbons (Fsp3) is 0.368. The fourth-order valence-corrected chi connectivity index (χ4v) is 4.37. The molecule has 0 atom stereocenters. The van der Waals surface area contributed by atoms with Gasteiger partial charge in [-0.05, 0) is 43.4 Å². The van der Waals surface area contributed by atoms with Crippen molar-refractivity contribution in [1.82, 2.24) is 4.90 Å². The molecule has 2 aromatic rings. The minimum atomic E-state index is -0.571. The predicted octanol–water partition coefficient (Wildman–Crippen LogP) is 4.11. The van der Waals surface area contributed by atoms with Crippen LogP contribution in [-0.4, -0.2) is 30.8 Å². The number of rotatable bonds is 3. The number of aryl methyl sites for hydroxylation is 1. The summed E-state index contributed by atoms with van der Waals surface area (Å²) in [4.78, 5) is 27.9. The van der Waals surface area contributed by atoms with Crippen LogP contribution in [0.5, 0.6) is 0 Å². The van der Waals surface area contributed by atoms with E-state index in [4.69, 9.17) is 0 Å². The van der Waals surface area contributed by atoms with Gasteiger partial charge in [0.25, 0.3) is 11.8 Å². The summed E-state index contributed by atoms with van der Waals surface area (Å²) in [6.45, 7) is 0. The molecule has 6 heteroatoms. The molecule has 3 rings (SSSR count). The molecule has 1 N–H and O–H groups in total. The lowest BCUT2D eigenvalue weighted by atomic mass is 10.0. The summed E-state index contributed by atoms with van der Waals surface area (Å²) in [5.74, 6) is -1.22. The van der Waals surface area contributed by atoms with Gasteiger partial charge in [-0.3, -0.25) is 9.59 Å². The van der Waals surface area contributed by atoms with Crippen molar-refractivity contribution in [3.63, 3.8) is 0 Å². The first kappa shape index (κ1) is 17.6. The Labute approximate surface area is 150 Å². The second-order valence-electron chi connectivity index (χ2n) is 6.40. The summed E-state index contributed by atoms with van der Waals surface area (Å²) in [5, 5.41) is 3.30. The van der Waals surface area contributed by atoms with Gasteiger partial charge in [-0.2, -0.15) is 0 Å². The number of benzene rings is 1. The van der Waals surface area contributed by atoms with E-state index in [2.05, 4.69) is 5.32 Å². The van der Waals surface area contributed by atoms with Crippen LogP contribution in [0.15, 0.2) is 24.3 Å². The Morgan fingerprint density at radius 2 is 1.84 bits per heavy atom. The molecule has 25 heavy (non-hydrogen) atoms. The molecule has 0 radical (unpaired) electrons. The largest absolute Gasteiger partial charge is 0.345 e. The third-order valence-electron chi connectivity index (χ3n) is 4.39. The highest BCUT2D eigenvalue weighted by molar-refractivity contribution is 7.17. The van der Waals surface area contributed by atoms with Crippen LogP contribution in [0.25, 0.3) is 0 Å². The van der Waals surface area contributed by atoms with E-state index in [1.54, 1.807) is 26.2 Å². The molecule has 0 fully saturated rings. The molecule has 0 spiro atoms. The van der Waals surface area contributed by atoms with Crippen LogP contribution < -0.4 is 5.32 Å². The number of anilines is 1. The zero-order valence-corrected chi connectivity index (χ0v) is 15.2. The topological polar surface area (TPSA) is 49.4 Å². The zero-order valence-electron chi connectivity index (χ0n) is 14.4. The number of hydrogen-bond acceptors (Lipinski definition) is 3. The normalized spacial score (nSPS) is 13.7. The second kappa shape index (κ2) is 7.35. The van der Waals surface area contributed by atoms with Crippen LogP contribution in [0.3, 0.4) is 0 Å². The number of halogens is 1. The lowest BCUT2D eigenvalue weighted by Gasteiger charge is -2.14. The fourth-order valence-electron chi connectivity index (χ4n) is 3.10. The molecular weight excluding hydrogens is 339 g/mol. The summed E-state index contributed by atoms with van der Waals surface area (Å²) >= 11 is 1.45. The summed E-state index contributed by atoms with van der Waals surface area (Å²) < 4.78 is 13.9. The maximum Gasteiger partial charge on any atom is 0.259 e. The van der Waals surface area contributed by atoms with Crippen LogP contribution in [-0.2, 0) is 12.8 Å². The Morgan fingerprint density at radius 3 is 2.56 bits per heavy atom. The first-order chi connectivity index (χ1) is 12.0. The first-order valence-corrected chi connectivity index (χ1v) is 9.22. The number of nitrogens with zero attached hydrogens (tertiary/aromatic N) is 1. The SMILES string of the molecule is CN(C)C(=O)c1c(NC(=O)c2ccccc2F)sc2c1CCCCC2. The molecule has 0 aliphatic heterocycles. The number of hydrogen-bond donors (Lipinski definition) is 1. The molecule has 0 saturated heterocycles. The number of thiophene rings is 1. The molecule has 1 aromatic heterocycles. The minimum absolute atomic E-state index is 0.0191. The quantitative estimate of drug-likeness (QED) is 0.838. The highest BCUT2D eigenvalue weighted by Crippen LogP contribution is 2.38. The van der Waals surface area contributed by atoms with Crippen molar-refractivity contribution in [3.05, 3.63) is 51.7 Å². The maximum absolute atomic E-state index is 13.9. The number of nitrogens with one attached hydrogen (secondary N) is 1. The van der Waals surface area contributed by atoms with Gasteiger partial charge in [-0.15, -0.1) is 11.3 Å². The number of fused-ring (bicyclic) bond motifs is 1. The van der Waals surface area contributed by atoms with Gasteiger partial charge in [0.2, 0.25) is 0 Å². The summed E-state index contributed by atoms with van der Waals surface area (Å²) in [6, 6.07) is 5.86. The van der Waals surface area contributed by atoms with E-state index in [0.717, 1.165) is 42.5 Å². The molecule has 0 unspecified atom stereocenters. The van der Waals surface area contributed by atoms with Crippen LogP contribution in [0.4, 0.5) is 9.39 Å². The van der Waals surface area contributed by atoms with Gasteiger partial charge < -0.3 is 10.2 Å². The Kier molecular flexibility index (Phi) is 5.18. The number of carbonyl (C=O) groups is 2. The van der Waals surface area contributed by atoms with Gasteiger partial charge in [0.05, 0.1) is 11.1 Å². The smallest absolute Gasteiger partial charge is 0.259 e. The van der Waals surface area contributed by atoms with E-state index >= 15 is 0 Å². The van der Waals surface area contributed by atoms with Crippen molar-refractivity contribution in [3.8, 4) is 0 Å². The first-order valence-electron chi connectivity index (χ1n) is 8.41. The third kappa shape index (κ3) is 3.58. The summed E-state index contributed by atoms with van der Waals surface area (Å²) in [6.07, 6.45) is 5.04. The van der Waals surface area contributed by atoms with E-state index in [1.807, 2.05) is 0 Å². The van der Waals surface area contributed by atoms with Crippen LogP contribution in [0.2, 0.25) is 0 Å². The molecule has 4 nitrogen and oxygen atoms in total. The lowest BCUT2D eigenvalue weighted by Crippen LogP contribution is -2.24. The Morgan fingerprint density at radius 1 is 1.12 bits per heavy atom. The maximum atomic E-state index is 13.9. The van der Waals surface area contributed by atoms with Gasteiger partial charge in [0.1, 0.15) is 10.8 Å². The average molecular weight is 360 g/mol. The molecule has 1 aromatic carbocycles. The molecule has 0 saturated carbocycles. The number of carbonyl (C=O) groups excluding carboxylic acids is 2. The molecule has 132 valence electrons. The highest BCUT2D eigenvalue weighted by Gasteiger charge is 2.27. The Hall–Kier alpha value is -2.21. The molecular formula is C19H21FN2O2S. The van der Waals surface area contributed by atoms with Gasteiger partial charge in [-0.1, -0.05) is 18.6 Å². The van der Waals surface area contributed by atoms with Crippen molar-refractivity contribution >= 4 is 28.2 Å². The van der Waals surface area contributed by atoms with Gasteiger partial charge in [0.15, 0.2) is 0 Å². The van der Waals surface area contributed by atoms with E-state index in [-0.39, 0.29) is 11.5 Å². The van der Waals surface area contributed by atoms with Crippen molar-refractivity contribution in [2.75, 3.05) is 19.4 Å². The predicted molar refractivity (Wildman–Crippen MR) is 97.9 cm³/mol. The third-order valence-corrected chi connectivity index (χ3v) is 5.59. The standard InChI is InChI=1S/C19H21FN2O2S/c1-22(2)19(24)16-13-9-4-3-5-11-15(13)25-18(16)21-17(23)12-8-6-7-10-14(12)20/h6-8,10H,3-5,9,11H2,1-2H3,(H,21,23). The van der Waals surface area contributed by atoms with Crippen LogP contribution >= 0.6 is 11.3 Å². The van der Waals surface area contributed by atoms with Crippen LogP contribution in [0, 0.1) is 5.82 Å². The monoisotopic (exact) mass is 360 g/mol. The van der Waals surface area contributed by atoms with Crippen molar-refractivity contribution < 1.29 is 14.0 Å². The highest BCUT2D eigenvalue weighted by atomic mass is 32.1. The second-order valence-corrected chi connectivity index (χ2v) is 7.51. The van der Waals surface area contributed by atoms with E-state index in [1.165, 1.54) is 28.4 Å². The average Bonchev–Trinajstić information content (AvgIpc) is 2.75. The minimum Gasteiger partial charge on any atom is -0.345 e. The molecule has 1 aliphatic carbocycles. The molecule has 1 aliphatic rings. The summed E-state index contributed by atoms with van der Waals surface area (Å²) in [7, 11) is 3.40. The van der Waals surface area contributed by atoms with Crippen molar-refractivity contribution in [1.29, 1.82) is 0 Å². The van der Waals surface area contributed by atoms with Gasteiger partial charge in [-0.25, -0.2) is 4.39 Å². The van der Waals surface area contributed by atoms with Gasteiger partial charge in [0, 0.05) is 19.0 Å². The molecule has 1 heterocycles. The van der Waals surface area contributed by atoms with E-state index in [0.29, 0.717) is 10.6 Å². The zero-order chi connectivity index (χ0) is 18.0. The van der Waals surface area contributed by atoms with Crippen molar-refractivity contribution in [2.24, 2.45) is 0 Å². The van der Waals surface area contributed by atoms with E-state index < -0.39 is 11.7 Å². The van der Waals surface area contributed by atoms with Crippen LogP contribution in [0.1, 0.15) is 50.4 Å². The Bertz CT molecular complexity index is 814. The van der Waals surface area contributed by atoms with Gasteiger partial charge >= 0.3 is 0 Å². The molecule has 2 amide bonds. The molecule has 0 bridgehead atoms. The lowest BCUT2D eigenvalue weighted by molar-refractivity contribution is 0.0828. The van der Waals surface area contributed by atoms with E-state index in [9.17, 15) is 14.0 Å². The number of amides is 2. The van der Waals surface area contributed by atoms with Crippen molar-refractivity contribution in [2.45, 2.75) is 32.1 Å². The summed E-state index contributed by atoms with van der Waals surface area (Å²) in [5.41, 5.74) is 1.59. The Balaban J connectivity index is 1.99.